The van der Waals surface area contributed by atoms with Crippen molar-refractivity contribution in [3.05, 3.63) is 110 Å². The van der Waals surface area contributed by atoms with E-state index in [0.29, 0.717) is 6.08 Å². The number of carbonyl (C=O) groups excluding carboxylic acids is 2. The minimum absolute atomic E-state index is 0.0497. The molecule has 4 rings (SSSR count). The van der Waals surface area contributed by atoms with Gasteiger partial charge in [-0.3, -0.25) is 4.79 Å². The number of hydrogen-bond acceptors (Lipinski definition) is 3. The molecule has 11 heteroatoms. The van der Waals surface area contributed by atoms with Gasteiger partial charge in [0.1, 0.15) is 6.61 Å². The van der Waals surface area contributed by atoms with Crippen LogP contribution in [0.15, 0.2) is 72.8 Å². The molecule has 0 atom stereocenters. The number of ether oxygens (including phenoxy) is 1. The lowest BCUT2D eigenvalue weighted by Crippen LogP contribution is -2.58. The largest absolute Gasteiger partial charge is 0.445 e. The van der Waals surface area contributed by atoms with Crippen molar-refractivity contribution in [3.63, 3.8) is 0 Å². The van der Waals surface area contributed by atoms with Crippen molar-refractivity contribution < 1.29 is 31.9 Å². The standard InChI is InChI=1S/C27H18Cl3F4NO3/c28-21-10-18(11-22(29)24(21)30)20(27(32,33)34)12-23(36)17-6-8-19(9-7-17)26(31)14-35(15-26)25(37)38-13-16-4-2-1-3-5-16/h1-12H,13-15H2/b20-12+. The van der Waals surface area contributed by atoms with Gasteiger partial charge in [-0.15, -0.1) is 0 Å². The van der Waals surface area contributed by atoms with Gasteiger partial charge in [0.15, 0.2) is 11.5 Å². The third-order valence-electron chi connectivity index (χ3n) is 5.91. The Morgan fingerprint density at radius 2 is 1.50 bits per heavy atom. The summed E-state index contributed by atoms with van der Waals surface area (Å²) in [6, 6.07) is 16.0. The number of hydrogen-bond donors (Lipinski definition) is 0. The maximum Gasteiger partial charge on any atom is 0.417 e. The number of rotatable bonds is 6. The monoisotopic (exact) mass is 585 g/mol. The number of likely N-dealkylation sites (tertiary alicyclic amines) is 1. The van der Waals surface area contributed by atoms with Gasteiger partial charge in [-0.1, -0.05) is 89.4 Å². The summed E-state index contributed by atoms with van der Waals surface area (Å²) in [6.45, 7) is -0.470. The lowest BCUT2D eigenvalue weighted by atomic mass is 9.87. The number of benzene rings is 3. The van der Waals surface area contributed by atoms with E-state index in [4.69, 9.17) is 39.5 Å². The molecule has 0 N–H and O–H groups in total. The van der Waals surface area contributed by atoms with Crippen molar-refractivity contribution in [1.29, 1.82) is 0 Å². The zero-order valence-electron chi connectivity index (χ0n) is 19.4. The fraction of sp³-hybridized carbons (Fsp3) is 0.185. The van der Waals surface area contributed by atoms with Crippen LogP contribution in [0, 0.1) is 0 Å². The molecule has 1 aliphatic heterocycles. The number of halogens is 7. The molecule has 0 saturated carbocycles. The number of amides is 1. The van der Waals surface area contributed by atoms with E-state index < -0.39 is 34.9 Å². The summed E-state index contributed by atoms with van der Waals surface area (Å²) in [5.41, 5.74) is -2.70. The third-order valence-corrected chi connectivity index (χ3v) is 7.11. The molecule has 0 radical (unpaired) electrons. The molecule has 1 saturated heterocycles. The van der Waals surface area contributed by atoms with Gasteiger partial charge in [-0.05, 0) is 34.9 Å². The van der Waals surface area contributed by atoms with Gasteiger partial charge in [0, 0.05) is 5.56 Å². The van der Waals surface area contributed by atoms with Crippen LogP contribution < -0.4 is 0 Å². The Morgan fingerprint density at radius 3 is 2.05 bits per heavy atom. The second-order valence-corrected chi connectivity index (χ2v) is 9.81. The first-order chi connectivity index (χ1) is 17.9. The quantitative estimate of drug-likeness (QED) is 0.126. The zero-order valence-corrected chi connectivity index (χ0v) is 21.6. The fourth-order valence-corrected chi connectivity index (χ4v) is 4.46. The Labute approximate surface area is 230 Å². The van der Waals surface area contributed by atoms with Crippen molar-refractivity contribution >= 4 is 52.3 Å². The van der Waals surface area contributed by atoms with Gasteiger partial charge in [0.2, 0.25) is 0 Å². The first-order valence-corrected chi connectivity index (χ1v) is 12.2. The fourth-order valence-electron chi connectivity index (χ4n) is 3.87. The number of nitrogens with zero attached hydrogens (tertiary/aromatic N) is 1. The average molecular weight is 587 g/mol. The number of carbonyl (C=O) groups is 2. The Balaban J connectivity index is 1.44. The highest BCUT2D eigenvalue weighted by Gasteiger charge is 2.48. The number of ketones is 1. The van der Waals surface area contributed by atoms with Gasteiger partial charge in [-0.2, -0.15) is 13.2 Å². The Bertz CT molecular complexity index is 1360. The predicted molar refractivity (Wildman–Crippen MR) is 137 cm³/mol. The minimum atomic E-state index is -4.90. The molecule has 3 aromatic rings. The molecule has 0 spiro atoms. The Kier molecular flexibility index (Phi) is 8.06. The highest BCUT2D eigenvalue weighted by Crippen LogP contribution is 2.40. The maximum absolute atomic E-state index is 15.3. The molecule has 3 aromatic carbocycles. The minimum Gasteiger partial charge on any atom is -0.445 e. The van der Waals surface area contributed by atoms with E-state index in [9.17, 15) is 22.8 Å². The van der Waals surface area contributed by atoms with Crippen molar-refractivity contribution in [2.75, 3.05) is 13.1 Å². The van der Waals surface area contributed by atoms with E-state index in [-0.39, 0.29) is 45.9 Å². The second-order valence-electron chi connectivity index (χ2n) is 8.61. The van der Waals surface area contributed by atoms with E-state index >= 15 is 4.39 Å². The van der Waals surface area contributed by atoms with Crippen LogP contribution >= 0.6 is 34.8 Å². The molecule has 198 valence electrons. The Hall–Kier alpha value is -3.07. The van der Waals surface area contributed by atoms with Crippen LogP contribution in [0.25, 0.3) is 5.57 Å². The maximum atomic E-state index is 15.3. The van der Waals surface area contributed by atoms with Crippen LogP contribution in [0.4, 0.5) is 22.4 Å². The van der Waals surface area contributed by atoms with E-state index in [1.54, 1.807) is 24.3 Å². The van der Waals surface area contributed by atoms with E-state index in [1.807, 2.05) is 6.07 Å². The van der Waals surface area contributed by atoms with Gasteiger partial charge in [0.25, 0.3) is 0 Å². The predicted octanol–water partition coefficient (Wildman–Crippen LogP) is 8.29. The topological polar surface area (TPSA) is 46.6 Å². The summed E-state index contributed by atoms with van der Waals surface area (Å²) in [5.74, 6) is -0.960. The Morgan fingerprint density at radius 1 is 0.921 bits per heavy atom. The lowest BCUT2D eigenvalue weighted by Gasteiger charge is -2.43. The number of alkyl halides is 4. The van der Waals surface area contributed by atoms with Crippen LogP contribution in [-0.2, 0) is 17.0 Å². The van der Waals surface area contributed by atoms with Crippen LogP contribution in [0.3, 0.4) is 0 Å². The normalized spacial score (nSPS) is 15.1. The molecular weight excluding hydrogens is 569 g/mol. The molecular formula is C27H18Cl3F4NO3. The summed E-state index contributed by atoms with van der Waals surface area (Å²) in [4.78, 5) is 26.0. The first-order valence-electron chi connectivity index (χ1n) is 11.1. The zero-order chi connectivity index (χ0) is 27.7. The summed E-state index contributed by atoms with van der Waals surface area (Å²) in [6.07, 6.45) is -5.14. The van der Waals surface area contributed by atoms with Gasteiger partial charge >= 0.3 is 12.3 Å². The van der Waals surface area contributed by atoms with Gasteiger partial charge < -0.3 is 9.64 Å². The first kappa shape index (κ1) is 28.0. The van der Waals surface area contributed by atoms with Crippen LogP contribution in [0.1, 0.15) is 27.0 Å². The molecule has 0 unspecified atom stereocenters. The van der Waals surface area contributed by atoms with Crippen LogP contribution in [0.2, 0.25) is 15.1 Å². The van der Waals surface area contributed by atoms with E-state index in [1.165, 1.54) is 29.2 Å². The average Bonchev–Trinajstić information content (AvgIpc) is 2.86. The highest BCUT2D eigenvalue weighted by molar-refractivity contribution is 6.48. The molecule has 0 aromatic heterocycles. The van der Waals surface area contributed by atoms with Crippen LogP contribution in [-0.4, -0.2) is 36.0 Å². The molecule has 38 heavy (non-hydrogen) atoms. The van der Waals surface area contributed by atoms with Crippen LogP contribution in [0.5, 0.6) is 0 Å². The molecule has 1 fully saturated rings. The SMILES string of the molecule is O=C(/C=C(\c1cc(Cl)c(Cl)c(Cl)c1)C(F)(F)F)c1ccc(C2(F)CN(C(=O)OCc3ccccc3)C2)cc1. The van der Waals surface area contributed by atoms with Crippen molar-refractivity contribution in [1.82, 2.24) is 4.90 Å². The smallest absolute Gasteiger partial charge is 0.417 e. The molecule has 1 aliphatic rings. The van der Waals surface area contributed by atoms with Gasteiger partial charge in [-0.25, -0.2) is 9.18 Å². The molecule has 1 heterocycles. The highest BCUT2D eigenvalue weighted by atomic mass is 35.5. The van der Waals surface area contributed by atoms with E-state index in [0.717, 1.165) is 17.7 Å². The van der Waals surface area contributed by atoms with Crippen molar-refractivity contribution in [3.8, 4) is 0 Å². The van der Waals surface area contributed by atoms with Gasteiger partial charge in [0.05, 0.1) is 33.7 Å². The van der Waals surface area contributed by atoms with Crippen molar-refractivity contribution in [2.45, 2.75) is 18.5 Å². The second kappa shape index (κ2) is 11.0. The van der Waals surface area contributed by atoms with E-state index in [2.05, 4.69) is 0 Å². The number of allylic oxidation sites excluding steroid dienone is 2. The summed E-state index contributed by atoms with van der Waals surface area (Å²) in [5, 5.41) is -0.514. The third kappa shape index (κ3) is 6.14. The summed E-state index contributed by atoms with van der Waals surface area (Å²) < 4.78 is 61.7. The summed E-state index contributed by atoms with van der Waals surface area (Å²) in [7, 11) is 0. The molecule has 4 nitrogen and oxygen atoms in total. The molecule has 0 bridgehead atoms. The lowest BCUT2D eigenvalue weighted by molar-refractivity contribution is -0.0689. The van der Waals surface area contributed by atoms with Crippen molar-refractivity contribution in [2.24, 2.45) is 0 Å². The summed E-state index contributed by atoms with van der Waals surface area (Å²) >= 11 is 17.5. The molecule has 1 amide bonds. The molecule has 0 aliphatic carbocycles.